The van der Waals surface area contributed by atoms with E-state index in [0.717, 1.165) is 23.5 Å². The molecule has 0 bridgehead atoms. The SMILES string of the molecule is CCOc1ccc(CCN2CC(c3noc(-c4ccco4)n3)CC2=O)cc1OCC. The summed E-state index contributed by atoms with van der Waals surface area (Å²) in [6, 6.07) is 9.45. The lowest BCUT2D eigenvalue weighted by molar-refractivity contribution is -0.127. The molecule has 1 fully saturated rings. The van der Waals surface area contributed by atoms with Crippen molar-refractivity contribution in [2.45, 2.75) is 32.6 Å². The molecule has 0 aliphatic carbocycles. The van der Waals surface area contributed by atoms with Gasteiger partial charge < -0.3 is 23.3 Å². The molecule has 1 aromatic carbocycles. The molecule has 3 heterocycles. The van der Waals surface area contributed by atoms with E-state index in [0.29, 0.717) is 50.2 Å². The molecule has 30 heavy (non-hydrogen) atoms. The largest absolute Gasteiger partial charge is 0.490 e. The Kier molecular flexibility index (Phi) is 6.02. The van der Waals surface area contributed by atoms with E-state index in [9.17, 15) is 4.79 Å². The monoisotopic (exact) mass is 411 g/mol. The van der Waals surface area contributed by atoms with Crippen molar-refractivity contribution in [3.8, 4) is 23.1 Å². The summed E-state index contributed by atoms with van der Waals surface area (Å²) in [5.74, 6) is 2.89. The number of likely N-dealkylation sites (tertiary alicyclic amines) is 1. The molecule has 3 aromatic rings. The van der Waals surface area contributed by atoms with Gasteiger partial charge in [0.2, 0.25) is 5.91 Å². The summed E-state index contributed by atoms with van der Waals surface area (Å²) in [4.78, 5) is 18.8. The van der Waals surface area contributed by atoms with Gasteiger partial charge in [-0.15, -0.1) is 0 Å². The zero-order valence-electron chi connectivity index (χ0n) is 17.2. The molecular formula is C22H25N3O5. The first-order chi connectivity index (χ1) is 14.7. The third-order valence-electron chi connectivity index (χ3n) is 5.03. The normalized spacial score (nSPS) is 16.3. The zero-order chi connectivity index (χ0) is 20.9. The number of ether oxygens (including phenoxy) is 2. The van der Waals surface area contributed by atoms with E-state index in [4.69, 9.17) is 18.4 Å². The average Bonchev–Trinajstić information content (AvgIpc) is 3.49. The second-order valence-electron chi connectivity index (χ2n) is 7.07. The summed E-state index contributed by atoms with van der Waals surface area (Å²) >= 11 is 0. The van der Waals surface area contributed by atoms with E-state index in [1.807, 2.05) is 36.9 Å². The third kappa shape index (κ3) is 4.32. The molecular weight excluding hydrogens is 386 g/mol. The number of aromatic nitrogens is 2. The summed E-state index contributed by atoms with van der Waals surface area (Å²) in [5.41, 5.74) is 1.10. The predicted octanol–water partition coefficient (Wildman–Crippen LogP) is 3.69. The maximum absolute atomic E-state index is 12.5. The van der Waals surface area contributed by atoms with Gasteiger partial charge in [0.25, 0.3) is 5.89 Å². The molecule has 1 atom stereocenters. The summed E-state index contributed by atoms with van der Waals surface area (Å²) in [7, 11) is 0. The van der Waals surface area contributed by atoms with Crippen LogP contribution >= 0.6 is 0 Å². The molecule has 1 aliphatic rings. The molecule has 0 N–H and O–H groups in total. The number of rotatable bonds is 9. The molecule has 0 saturated carbocycles. The van der Waals surface area contributed by atoms with Crippen molar-refractivity contribution in [2.75, 3.05) is 26.3 Å². The standard InChI is InChI=1S/C22H25N3O5/c1-3-27-17-8-7-15(12-19(17)28-4-2)9-10-25-14-16(13-20(25)26)21-23-22(30-24-21)18-6-5-11-29-18/h5-8,11-12,16H,3-4,9-10,13-14H2,1-2H3. The molecule has 8 nitrogen and oxygen atoms in total. The van der Waals surface area contributed by atoms with Crippen LogP contribution in [0.5, 0.6) is 11.5 Å². The lowest BCUT2D eigenvalue weighted by atomic mass is 10.1. The number of carbonyl (C=O) groups is 1. The predicted molar refractivity (Wildman–Crippen MR) is 108 cm³/mol. The van der Waals surface area contributed by atoms with Crippen molar-refractivity contribution in [2.24, 2.45) is 0 Å². The first-order valence-electron chi connectivity index (χ1n) is 10.2. The fourth-order valence-corrected chi connectivity index (χ4v) is 3.58. The van der Waals surface area contributed by atoms with Crippen LogP contribution in [-0.2, 0) is 11.2 Å². The number of furan rings is 1. The van der Waals surface area contributed by atoms with Crippen molar-refractivity contribution in [1.29, 1.82) is 0 Å². The highest BCUT2D eigenvalue weighted by Gasteiger charge is 2.33. The fraction of sp³-hybridized carbons (Fsp3) is 0.409. The molecule has 1 unspecified atom stereocenters. The highest BCUT2D eigenvalue weighted by molar-refractivity contribution is 5.79. The minimum Gasteiger partial charge on any atom is -0.490 e. The Morgan fingerprint density at radius 1 is 1.17 bits per heavy atom. The van der Waals surface area contributed by atoms with Gasteiger partial charge in [0.1, 0.15) is 0 Å². The second kappa shape index (κ2) is 9.02. The van der Waals surface area contributed by atoms with Crippen LogP contribution < -0.4 is 9.47 Å². The lowest BCUT2D eigenvalue weighted by Gasteiger charge is -2.17. The quantitative estimate of drug-likeness (QED) is 0.530. The molecule has 0 spiro atoms. The molecule has 0 radical (unpaired) electrons. The van der Waals surface area contributed by atoms with Gasteiger partial charge in [-0.25, -0.2) is 0 Å². The Morgan fingerprint density at radius 3 is 2.77 bits per heavy atom. The third-order valence-corrected chi connectivity index (χ3v) is 5.03. The van der Waals surface area contributed by atoms with Crippen LogP contribution in [0.1, 0.15) is 37.6 Å². The van der Waals surface area contributed by atoms with Gasteiger partial charge in [0.15, 0.2) is 23.1 Å². The van der Waals surface area contributed by atoms with Crippen LogP contribution in [-0.4, -0.2) is 47.3 Å². The van der Waals surface area contributed by atoms with E-state index in [1.165, 1.54) is 0 Å². The molecule has 158 valence electrons. The maximum atomic E-state index is 12.5. The number of nitrogens with zero attached hydrogens (tertiary/aromatic N) is 3. The Bertz CT molecular complexity index is 983. The van der Waals surface area contributed by atoms with Crippen molar-refractivity contribution in [3.05, 3.63) is 48.0 Å². The summed E-state index contributed by atoms with van der Waals surface area (Å²) < 4.78 is 21.9. The summed E-state index contributed by atoms with van der Waals surface area (Å²) in [6.07, 6.45) is 2.66. The highest BCUT2D eigenvalue weighted by atomic mass is 16.5. The van der Waals surface area contributed by atoms with Gasteiger partial charge in [-0.1, -0.05) is 11.2 Å². The topological polar surface area (TPSA) is 90.8 Å². The Balaban J connectivity index is 1.38. The van der Waals surface area contributed by atoms with Crippen LogP contribution in [0.15, 0.2) is 45.5 Å². The number of amides is 1. The smallest absolute Gasteiger partial charge is 0.293 e. The Labute approximate surface area is 174 Å². The van der Waals surface area contributed by atoms with Gasteiger partial charge in [-0.3, -0.25) is 4.79 Å². The molecule has 8 heteroatoms. The molecule has 1 aliphatic heterocycles. The molecule has 4 rings (SSSR count). The van der Waals surface area contributed by atoms with Crippen LogP contribution in [0.4, 0.5) is 0 Å². The van der Waals surface area contributed by atoms with E-state index in [-0.39, 0.29) is 11.8 Å². The highest BCUT2D eigenvalue weighted by Crippen LogP contribution is 2.30. The fourth-order valence-electron chi connectivity index (χ4n) is 3.58. The number of carbonyl (C=O) groups excluding carboxylic acids is 1. The molecule has 1 saturated heterocycles. The minimum absolute atomic E-state index is 0.0794. The van der Waals surface area contributed by atoms with Crippen molar-refractivity contribution < 1.29 is 23.2 Å². The van der Waals surface area contributed by atoms with E-state index < -0.39 is 0 Å². The van der Waals surface area contributed by atoms with E-state index >= 15 is 0 Å². The Morgan fingerprint density at radius 2 is 2.00 bits per heavy atom. The van der Waals surface area contributed by atoms with Crippen LogP contribution in [0.25, 0.3) is 11.7 Å². The first kappa shape index (κ1) is 20.0. The Hall–Kier alpha value is -3.29. The van der Waals surface area contributed by atoms with E-state index in [1.54, 1.807) is 18.4 Å². The van der Waals surface area contributed by atoms with Gasteiger partial charge in [-0.2, -0.15) is 4.98 Å². The van der Waals surface area contributed by atoms with Crippen molar-refractivity contribution >= 4 is 5.91 Å². The average molecular weight is 411 g/mol. The van der Waals surface area contributed by atoms with Crippen LogP contribution in [0, 0.1) is 0 Å². The summed E-state index contributed by atoms with van der Waals surface area (Å²) in [5, 5.41) is 4.05. The van der Waals surface area contributed by atoms with Crippen LogP contribution in [0.3, 0.4) is 0 Å². The van der Waals surface area contributed by atoms with Crippen molar-refractivity contribution in [1.82, 2.24) is 15.0 Å². The number of hydrogen-bond acceptors (Lipinski definition) is 7. The maximum Gasteiger partial charge on any atom is 0.293 e. The molecule has 1 amide bonds. The van der Waals surface area contributed by atoms with Gasteiger partial charge in [-0.05, 0) is 50.1 Å². The first-order valence-corrected chi connectivity index (χ1v) is 10.2. The van der Waals surface area contributed by atoms with Gasteiger partial charge in [0, 0.05) is 25.4 Å². The minimum atomic E-state index is -0.0794. The number of benzene rings is 1. The summed E-state index contributed by atoms with van der Waals surface area (Å²) in [6.45, 7) is 6.24. The molecule has 2 aromatic heterocycles. The second-order valence-corrected chi connectivity index (χ2v) is 7.07. The lowest BCUT2D eigenvalue weighted by Crippen LogP contribution is -2.27. The van der Waals surface area contributed by atoms with Gasteiger partial charge in [0.05, 0.1) is 19.5 Å². The van der Waals surface area contributed by atoms with Crippen LogP contribution in [0.2, 0.25) is 0 Å². The van der Waals surface area contributed by atoms with E-state index in [2.05, 4.69) is 10.1 Å². The van der Waals surface area contributed by atoms with Gasteiger partial charge >= 0.3 is 0 Å². The van der Waals surface area contributed by atoms with Crippen molar-refractivity contribution in [3.63, 3.8) is 0 Å². The zero-order valence-corrected chi connectivity index (χ0v) is 17.2. The number of hydrogen-bond donors (Lipinski definition) is 0.